The number of nitrogens with zero attached hydrogens (tertiary/aromatic N) is 3. The van der Waals surface area contributed by atoms with Crippen LogP contribution in [-0.4, -0.2) is 10.1 Å². The lowest BCUT2D eigenvalue weighted by molar-refractivity contribution is 0.483. The Labute approximate surface area is 153 Å². The molecule has 0 atom stereocenters. The van der Waals surface area contributed by atoms with Gasteiger partial charge >= 0.3 is 0 Å². The van der Waals surface area contributed by atoms with Crippen LogP contribution in [0.2, 0.25) is 0 Å². The first-order valence-electron chi connectivity index (χ1n) is 8.21. The normalized spacial score (nSPS) is 11.8. The highest BCUT2D eigenvalue weighted by Crippen LogP contribution is 2.43. The van der Waals surface area contributed by atoms with Gasteiger partial charge in [-0.1, -0.05) is 72.0 Å². The van der Waals surface area contributed by atoms with Crippen LogP contribution >= 0.6 is 11.3 Å². The summed E-state index contributed by atoms with van der Waals surface area (Å²) in [5.74, 6) is 0.143. The van der Waals surface area contributed by atoms with E-state index in [0.29, 0.717) is 10.8 Å². The second-order valence-electron chi connectivity index (χ2n) is 5.95. The van der Waals surface area contributed by atoms with Gasteiger partial charge in [0.1, 0.15) is 5.69 Å². The van der Waals surface area contributed by atoms with Crippen molar-refractivity contribution in [2.75, 3.05) is 0 Å². The molecule has 0 saturated heterocycles. The maximum absolute atomic E-state index is 10.8. The maximum Gasteiger partial charge on any atom is 0.231 e. The van der Waals surface area contributed by atoms with Crippen molar-refractivity contribution in [2.24, 2.45) is 10.2 Å². The Hall–Kier alpha value is -3.31. The SMILES string of the molecule is Oc1c(N=Nc2nc3ccccc3s2)c2ccccc2c2ccccc12. The maximum atomic E-state index is 10.8. The lowest BCUT2D eigenvalue weighted by atomic mass is 9.99. The molecule has 1 heterocycles. The fourth-order valence-corrected chi connectivity index (χ4v) is 3.99. The Kier molecular flexibility index (Phi) is 3.40. The Balaban J connectivity index is 1.73. The number of aromatic hydroxyl groups is 1. The van der Waals surface area contributed by atoms with Gasteiger partial charge in [-0.25, -0.2) is 4.98 Å². The number of phenolic OH excluding ortho intramolecular Hbond substituents is 1. The van der Waals surface area contributed by atoms with Gasteiger partial charge in [0.15, 0.2) is 5.75 Å². The molecule has 0 spiro atoms. The molecule has 0 aliphatic carbocycles. The lowest BCUT2D eigenvalue weighted by Crippen LogP contribution is -1.80. The third-order valence-corrected chi connectivity index (χ3v) is 5.32. The second-order valence-corrected chi connectivity index (χ2v) is 6.96. The minimum atomic E-state index is 0.143. The molecule has 0 saturated carbocycles. The molecule has 4 nitrogen and oxygen atoms in total. The summed E-state index contributed by atoms with van der Waals surface area (Å²) >= 11 is 1.48. The van der Waals surface area contributed by atoms with E-state index >= 15 is 0 Å². The van der Waals surface area contributed by atoms with Crippen molar-refractivity contribution in [3.05, 3.63) is 72.8 Å². The molecule has 0 radical (unpaired) electrons. The van der Waals surface area contributed by atoms with E-state index < -0.39 is 0 Å². The molecule has 4 aromatic carbocycles. The van der Waals surface area contributed by atoms with Crippen LogP contribution in [0.15, 0.2) is 83.0 Å². The summed E-state index contributed by atoms with van der Waals surface area (Å²) in [5, 5.41) is 23.7. The molecule has 1 N–H and O–H groups in total. The molecule has 5 heteroatoms. The molecule has 1 aromatic heterocycles. The summed E-state index contributed by atoms with van der Waals surface area (Å²) in [6, 6.07) is 23.6. The zero-order valence-electron chi connectivity index (χ0n) is 13.6. The van der Waals surface area contributed by atoms with Crippen molar-refractivity contribution in [3.8, 4) is 5.75 Å². The van der Waals surface area contributed by atoms with E-state index in [-0.39, 0.29) is 5.75 Å². The second kappa shape index (κ2) is 5.89. The third-order valence-electron chi connectivity index (χ3n) is 4.40. The highest BCUT2D eigenvalue weighted by Gasteiger charge is 2.13. The number of hydrogen-bond acceptors (Lipinski definition) is 5. The number of benzene rings is 4. The zero-order chi connectivity index (χ0) is 17.5. The third kappa shape index (κ3) is 2.33. The number of aromatic nitrogens is 1. The minimum Gasteiger partial charge on any atom is -0.505 e. The van der Waals surface area contributed by atoms with Crippen LogP contribution in [0.25, 0.3) is 31.8 Å². The van der Waals surface area contributed by atoms with Crippen molar-refractivity contribution in [2.45, 2.75) is 0 Å². The Morgan fingerprint density at radius 1 is 0.692 bits per heavy atom. The molecule has 0 bridgehead atoms. The monoisotopic (exact) mass is 355 g/mol. The van der Waals surface area contributed by atoms with E-state index in [0.717, 1.165) is 31.8 Å². The molecule has 0 amide bonds. The van der Waals surface area contributed by atoms with E-state index in [1.165, 1.54) is 11.3 Å². The quantitative estimate of drug-likeness (QED) is 0.282. The van der Waals surface area contributed by atoms with Crippen molar-refractivity contribution in [3.63, 3.8) is 0 Å². The van der Waals surface area contributed by atoms with Gasteiger partial charge < -0.3 is 5.11 Å². The largest absolute Gasteiger partial charge is 0.505 e. The summed E-state index contributed by atoms with van der Waals surface area (Å²) in [6.07, 6.45) is 0. The van der Waals surface area contributed by atoms with Crippen LogP contribution in [-0.2, 0) is 0 Å². The molecule has 0 fully saturated rings. The summed E-state index contributed by atoms with van der Waals surface area (Å²) in [5.41, 5.74) is 1.37. The average Bonchev–Trinajstić information content (AvgIpc) is 3.11. The van der Waals surface area contributed by atoms with Crippen LogP contribution in [0.4, 0.5) is 10.8 Å². The number of para-hydroxylation sites is 1. The fraction of sp³-hybridized carbons (Fsp3) is 0. The molecule has 124 valence electrons. The van der Waals surface area contributed by atoms with Gasteiger partial charge in [0, 0.05) is 10.8 Å². The predicted octanol–water partition coefficient (Wildman–Crippen LogP) is 6.72. The minimum absolute atomic E-state index is 0.143. The van der Waals surface area contributed by atoms with Gasteiger partial charge in [-0.05, 0) is 22.9 Å². The van der Waals surface area contributed by atoms with E-state index in [4.69, 9.17) is 0 Å². The predicted molar refractivity (Wildman–Crippen MR) is 107 cm³/mol. The van der Waals surface area contributed by atoms with Crippen LogP contribution in [0.5, 0.6) is 5.75 Å². The standard InChI is InChI=1S/C21H13N3OS/c25-20-16-10-4-2-8-14(16)13-7-1-3-9-15(13)19(20)23-24-21-22-17-11-5-6-12-18(17)26-21/h1-12,25H. The topological polar surface area (TPSA) is 57.8 Å². The highest BCUT2D eigenvalue weighted by atomic mass is 32.1. The first-order valence-corrected chi connectivity index (χ1v) is 9.02. The van der Waals surface area contributed by atoms with Gasteiger partial charge in [0.05, 0.1) is 10.2 Å². The summed E-state index contributed by atoms with van der Waals surface area (Å²) in [4.78, 5) is 4.48. The van der Waals surface area contributed by atoms with Crippen molar-refractivity contribution in [1.82, 2.24) is 4.98 Å². The van der Waals surface area contributed by atoms with E-state index in [1.807, 2.05) is 72.8 Å². The van der Waals surface area contributed by atoms with Gasteiger partial charge in [-0.15, -0.1) is 10.2 Å². The number of thiazole rings is 1. The molecular formula is C21H13N3OS. The Bertz CT molecular complexity index is 1270. The Morgan fingerprint density at radius 2 is 1.31 bits per heavy atom. The summed E-state index contributed by atoms with van der Waals surface area (Å²) in [6.45, 7) is 0. The fourth-order valence-electron chi connectivity index (χ4n) is 3.20. The first-order chi connectivity index (χ1) is 12.8. The lowest BCUT2D eigenvalue weighted by Gasteiger charge is -2.09. The molecule has 26 heavy (non-hydrogen) atoms. The molecule has 0 aliphatic heterocycles. The van der Waals surface area contributed by atoms with Gasteiger partial charge in [-0.3, -0.25) is 0 Å². The number of fused-ring (bicyclic) bond motifs is 4. The van der Waals surface area contributed by atoms with E-state index in [2.05, 4.69) is 15.2 Å². The number of rotatable bonds is 2. The van der Waals surface area contributed by atoms with Crippen LogP contribution < -0.4 is 0 Å². The molecule has 0 aliphatic rings. The van der Waals surface area contributed by atoms with Gasteiger partial charge in [0.2, 0.25) is 5.13 Å². The zero-order valence-corrected chi connectivity index (χ0v) is 14.4. The Morgan fingerprint density at radius 3 is 2.08 bits per heavy atom. The molecule has 5 aromatic rings. The number of hydrogen-bond donors (Lipinski definition) is 1. The summed E-state index contributed by atoms with van der Waals surface area (Å²) in [7, 11) is 0. The molecule has 0 unspecified atom stereocenters. The first kappa shape index (κ1) is 15.0. The van der Waals surface area contributed by atoms with Crippen LogP contribution in [0.1, 0.15) is 0 Å². The molecule has 5 rings (SSSR count). The summed E-state index contributed by atoms with van der Waals surface area (Å²) < 4.78 is 1.06. The van der Waals surface area contributed by atoms with Crippen LogP contribution in [0.3, 0.4) is 0 Å². The van der Waals surface area contributed by atoms with E-state index in [1.54, 1.807) is 0 Å². The van der Waals surface area contributed by atoms with Crippen molar-refractivity contribution >= 4 is 53.9 Å². The number of azo groups is 1. The van der Waals surface area contributed by atoms with Gasteiger partial charge in [-0.2, -0.15) is 0 Å². The number of phenols is 1. The van der Waals surface area contributed by atoms with Crippen LogP contribution in [0, 0.1) is 0 Å². The average molecular weight is 355 g/mol. The van der Waals surface area contributed by atoms with E-state index in [9.17, 15) is 5.11 Å². The van der Waals surface area contributed by atoms with Crippen molar-refractivity contribution in [1.29, 1.82) is 0 Å². The van der Waals surface area contributed by atoms with Gasteiger partial charge in [0.25, 0.3) is 0 Å². The highest BCUT2D eigenvalue weighted by molar-refractivity contribution is 7.21. The smallest absolute Gasteiger partial charge is 0.231 e. The van der Waals surface area contributed by atoms with Crippen molar-refractivity contribution < 1.29 is 5.11 Å². The molecular weight excluding hydrogens is 342 g/mol.